The van der Waals surface area contributed by atoms with Gasteiger partial charge < -0.3 is 15.2 Å². The molecule has 4 nitrogen and oxygen atoms in total. The number of hydrogen-bond acceptors (Lipinski definition) is 4. The van der Waals surface area contributed by atoms with Crippen LogP contribution in [0.3, 0.4) is 0 Å². The molecule has 0 aromatic heterocycles. The van der Waals surface area contributed by atoms with Gasteiger partial charge in [-0.1, -0.05) is 25.0 Å². The first kappa shape index (κ1) is 18.7. The van der Waals surface area contributed by atoms with Crippen LogP contribution < -0.4 is 10.5 Å². The number of halogens is 1. The molecule has 1 aromatic rings. The highest BCUT2D eigenvalue weighted by molar-refractivity contribution is 5.85. The van der Waals surface area contributed by atoms with E-state index in [1.54, 1.807) is 0 Å². The Kier molecular flexibility index (Phi) is 10.8. The third-order valence-corrected chi connectivity index (χ3v) is 2.84. The number of carbonyl (C=O) groups excluding carboxylic acids is 1. The smallest absolute Gasteiger partial charge is 0.309 e. The zero-order valence-corrected chi connectivity index (χ0v) is 12.8. The number of rotatable bonds is 9. The maximum atomic E-state index is 11.2. The van der Waals surface area contributed by atoms with Crippen molar-refractivity contribution in [1.82, 2.24) is 0 Å². The van der Waals surface area contributed by atoms with E-state index >= 15 is 0 Å². The maximum Gasteiger partial charge on any atom is 0.309 e. The molecule has 0 aliphatic heterocycles. The van der Waals surface area contributed by atoms with Crippen LogP contribution in [0.5, 0.6) is 5.75 Å². The highest BCUT2D eigenvalue weighted by Crippen LogP contribution is 2.14. The van der Waals surface area contributed by atoms with Crippen molar-refractivity contribution in [1.29, 1.82) is 0 Å². The number of ether oxygens (including phenoxy) is 2. The lowest BCUT2D eigenvalue weighted by atomic mass is 10.1. The molecule has 0 aliphatic rings. The Hall–Kier alpha value is -1.26. The fourth-order valence-electron chi connectivity index (χ4n) is 1.77. The number of esters is 1. The molecule has 0 fully saturated rings. The molecular weight excluding hydrogens is 278 g/mol. The van der Waals surface area contributed by atoms with E-state index in [0.717, 1.165) is 43.5 Å². The van der Waals surface area contributed by atoms with Gasteiger partial charge >= 0.3 is 5.97 Å². The first-order chi connectivity index (χ1) is 9.26. The molecule has 20 heavy (non-hydrogen) atoms. The highest BCUT2D eigenvalue weighted by Gasteiger charge is 2.03. The summed E-state index contributed by atoms with van der Waals surface area (Å²) in [6, 6.07) is 7.57. The molecule has 0 spiro atoms. The first-order valence-electron chi connectivity index (χ1n) is 6.75. The van der Waals surface area contributed by atoms with Crippen LogP contribution in [0.25, 0.3) is 0 Å². The Balaban J connectivity index is 0.00000361. The Labute approximate surface area is 127 Å². The molecule has 1 rings (SSSR count). The van der Waals surface area contributed by atoms with Crippen LogP contribution in [0.1, 0.15) is 31.2 Å². The molecule has 2 N–H and O–H groups in total. The van der Waals surface area contributed by atoms with Gasteiger partial charge in [0.2, 0.25) is 0 Å². The van der Waals surface area contributed by atoms with Crippen LogP contribution in [-0.4, -0.2) is 26.2 Å². The van der Waals surface area contributed by atoms with Crippen molar-refractivity contribution in [2.75, 3.05) is 20.3 Å². The molecule has 0 saturated carbocycles. The van der Waals surface area contributed by atoms with Gasteiger partial charge in [0, 0.05) is 0 Å². The SMILES string of the molecule is COC(=O)Cc1cccc(OCCCCCCN)c1.Cl. The van der Waals surface area contributed by atoms with Gasteiger partial charge in [-0.3, -0.25) is 4.79 Å². The lowest BCUT2D eigenvalue weighted by Gasteiger charge is -2.07. The third kappa shape index (κ3) is 8.02. The highest BCUT2D eigenvalue weighted by atomic mass is 35.5. The van der Waals surface area contributed by atoms with Gasteiger partial charge in [-0.15, -0.1) is 12.4 Å². The molecule has 0 amide bonds. The maximum absolute atomic E-state index is 11.2. The van der Waals surface area contributed by atoms with Gasteiger partial charge in [0.25, 0.3) is 0 Å². The van der Waals surface area contributed by atoms with E-state index in [9.17, 15) is 4.79 Å². The monoisotopic (exact) mass is 301 g/mol. The predicted octanol–water partition coefficient (Wildman–Crippen LogP) is 2.72. The van der Waals surface area contributed by atoms with Crippen molar-refractivity contribution in [3.05, 3.63) is 29.8 Å². The molecule has 0 unspecified atom stereocenters. The second kappa shape index (κ2) is 11.6. The number of hydrogen-bond donors (Lipinski definition) is 1. The fraction of sp³-hybridized carbons (Fsp3) is 0.533. The van der Waals surface area contributed by atoms with Gasteiger partial charge in [-0.2, -0.15) is 0 Å². The van der Waals surface area contributed by atoms with E-state index in [0.29, 0.717) is 6.61 Å². The van der Waals surface area contributed by atoms with E-state index in [-0.39, 0.29) is 24.8 Å². The second-order valence-corrected chi connectivity index (χ2v) is 4.45. The Bertz CT molecular complexity index is 385. The lowest BCUT2D eigenvalue weighted by molar-refractivity contribution is -0.139. The first-order valence-corrected chi connectivity index (χ1v) is 6.75. The number of carbonyl (C=O) groups is 1. The summed E-state index contributed by atoms with van der Waals surface area (Å²) in [5.74, 6) is 0.569. The van der Waals surface area contributed by atoms with Crippen LogP contribution >= 0.6 is 12.4 Å². The Morgan fingerprint density at radius 3 is 2.65 bits per heavy atom. The number of nitrogens with two attached hydrogens (primary N) is 1. The summed E-state index contributed by atoms with van der Waals surface area (Å²) in [5, 5.41) is 0. The average molecular weight is 302 g/mol. The average Bonchev–Trinajstić information content (AvgIpc) is 2.43. The number of benzene rings is 1. The summed E-state index contributed by atoms with van der Waals surface area (Å²) in [6.07, 6.45) is 4.68. The second-order valence-electron chi connectivity index (χ2n) is 4.45. The normalized spacial score (nSPS) is 9.70. The summed E-state index contributed by atoms with van der Waals surface area (Å²) in [5.41, 5.74) is 6.34. The molecule has 0 atom stereocenters. The molecular formula is C15H24ClNO3. The van der Waals surface area contributed by atoms with Crippen molar-refractivity contribution in [2.24, 2.45) is 5.73 Å². The van der Waals surface area contributed by atoms with Crippen LogP contribution in [-0.2, 0) is 16.0 Å². The minimum atomic E-state index is -0.237. The summed E-state index contributed by atoms with van der Waals surface area (Å²) in [7, 11) is 1.39. The van der Waals surface area contributed by atoms with Crippen LogP contribution in [0.2, 0.25) is 0 Å². The Morgan fingerprint density at radius 2 is 1.95 bits per heavy atom. The van der Waals surface area contributed by atoms with Crippen molar-refractivity contribution in [2.45, 2.75) is 32.1 Å². The predicted molar refractivity (Wildman–Crippen MR) is 82.4 cm³/mol. The van der Waals surface area contributed by atoms with Crippen molar-refractivity contribution in [3.8, 4) is 5.75 Å². The van der Waals surface area contributed by atoms with Crippen molar-refractivity contribution < 1.29 is 14.3 Å². The summed E-state index contributed by atoms with van der Waals surface area (Å²) < 4.78 is 10.3. The lowest BCUT2D eigenvalue weighted by Crippen LogP contribution is -2.05. The number of methoxy groups -OCH3 is 1. The van der Waals surface area contributed by atoms with Gasteiger partial charge in [0.15, 0.2) is 0 Å². The zero-order chi connectivity index (χ0) is 13.9. The topological polar surface area (TPSA) is 61.5 Å². The van der Waals surface area contributed by atoms with Gasteiger partial charge in [-0.05, 0) is 37.1 Å². The van der Waals surface area contributed by atoms with Crippen LogP contribution in [0.15, 0.2) is 24.3 Å². The van der Waals surface area contributed by atoms with E-state index in [1.165, 1.54) is 7.11 Å². The molecule has 0 bridgehead atoms. The number of unbranched alkanes of at least 4 members (excludes halogenated alkanes) is 3. The van der Waals surface area contributed by atoms with E-state index in [1.807, 2.05) is 24.3 Å². The molecule has 0 radical (unpaired) electrons. The molecule has 0 heterocycles. The van der Waals surface area contributed by atoms with Crippen LogP contribution in [0, 0.1) is 0 Å². The van der Waals surface area contributed by atoms with E-state index in [2.05, 4.69) is 4.74 Å². The molecule has 114 valence electrons. The van der Waals surface area contributed by atoms with Crippen molar-refractivity contribution in [3.63, 3.8) is 0 Å². The Morgan fingerprint density at radius 1 is 1.20 bits per heavy atom. The summed E-state index contributed by atoms with van der Waals surface area (Å²) in [6.45, 7) is 1.46. The van der Waals surface area contributed by atoms with E-state index in [4.69, 9.17) is 10.5 Å². The fourth-order valence-corrected chi connectivity index (χ4v) is 1.77. The van der Waals surface area contributed by atoms with Crippen LogP contribution in [0.4, 0.5) is 0 Å². The summed E-state index contributed by atoms with van der Waals surface area (Å²) >= 11 is 0. The summed E-state index contributed by atoms with van der Waals surface area (Å²) in [4.78, 5) is 11.2. The largest absolute Gasteiger partial charge is 0.494 e. The van der Waals surface area contributed by atoms with Gasteiger partial charge in [0.1, 0.15) is 5.75 Å². The zero-order valence-electron chi connectivity index (χ0n) is 12.0. The quantitative estimate of drug-likeness (QED) is 0.563. The molecule has 0 aliphatic carbocycles. The van der Waals surface area contributed by atoms with Crippen molar-refractivity contribution >= 4 is 18.4 Å². The minimum Gasteiger partial charge on any atom is -0.494 e. The molecule has 1 aromatic carbocycles. The molecule has 5 heteroatoms. The van der Waals surface area contributed by atoms with Gasteiger partial charge in [0.05, 0.1) is 20.1 Å². The van der Waals surface area contributed by atoms with Gasteiger partial charge in [-0.25, -0.2) is 0 Å². The minimum absolute atomic E-state index is 0. The van der Waals surface area contributed by atoms with E-state index < -0.39 is 0 Å². The third-order valence-electron chi connectivity index (χ3n) is 2.84. The standard InChI is InChI=1S/C15H23NO3.ClH/c1-18-15(17)12-13-7-6-8-14(11-13)19-10-5-3-2-4-9-16;/h6-8,11H,2-5,9-10,12,16H2,1H3;1H. The molecule has 0 saturated heterocycles.